The molecule has 1 aromatic rings. The third-order valence-electron chi connectivity index (χ3n) is 6.23. The zero-order valence-corrected chi connectivity index (χ0v) is 13.7. The summed E-state index contributed by atoms with van der Waals surface area (Å²) in [6.07, 6.45) is 6.55. The zero-order valence-electron chi connectivity index (χ0n) is 13.7. The number of nitrogens with zero attached hydrogens (tertiary/aromatic N) is 1. The molecule has 1 saturated heterocycles. The van der Waals surface area contributed by atoms with E-state index in [0.717, 1.165) is 12.2 Å². The molecule has 6 atom stereocenters. The van der Waals surface area contributed by atoms with Crippen LogP contribution in [0.3, 0.4) is 0 Å². The Balaban J connectivity index is 1.44. The summed E-state index contributed by atoms with van der Waals surface area (Å²) in [6, 6.07) is 7.35. The first kappa shape index (κ1) is 14.3. The lowest BCUT2D eigenvalue weighted by molar-refractivity contribution is -0.124. The van der Waals surface area contributed by atoms with Crippen molar-refractivity contribution in [3.05, 3.63) is 36.4 Å². The van der Waals surface area contributed by atoms with Gasteiger partial charge in [0.15, 0.2) is 0 Å². The van der Waals surface area contributed by atoms with Crippen molar-refractivity contribution in [1.82, 2.24) is 0 Å². The van der Waals surface area contributed by atoms with Gasteiger partial charge in [0.1, 0.15) is 5.75 Å². The number of allylic oxidation sites excluding steroid dienone is 2. The molecule has 0 aromatic heterocycles. The van der Waals surface area contributed by atoms with Crippen LogP contribution in [0.25, 0.3) is 0 Å². The van der Waals surface area contributed by atoms with E-state index < -0.39 is 0 Å². The summed E-state index contributed by atoms with van der Waals surface area (Å²) < 4.78 is 5.59. The molecule has 5 aliphatic rings. The van der Waals surface area contributed by atoms with Gasteiger partial charge in [-0.3, -0.25) is 14.5 Å². The number of hydrogen-bond donors (Lipinski definition) is 0. The molecular formula is C20H21NO3. The van der Waals surface area contributed by atoms with E-state index in [2.05, 4.69) is 19.1 Å². The lowest BCUT2D eigenvalue weighted by atomic mass is 9.63. The van der Waals surface area contributed by atoms with E-state index in [1.807, 2.05) is 24.3 Å². The molecule has 124 valence electrons. The van der Waals surface area contributed by atoms with Gasteiger partial charge < -0.3 is 4.74 Å². The van der Waals surface area contributed by atoms with Gasteiger partial charge in [0.05, 0.1) is 24.1 Å². The van der Waals surface area contributed by atoms with Crippen LogP contribution in [0.15, 0.2) is 36.4 Å². The molecule has 1 heterocycles. The molecule has 6 rings (SSSR count). The second kappa shape index (κ2) is 4.95. The Morgan fingerprint density at radius 1 is 1.00 bits per heavy atom. The third kappa shape index (κ3) is 1.80. The summed E-state index contributed by atoms with van der Waals surface area (Å²) in [4.78, 5) is 27.4. The molecule has 2 bridgehead atoms. The first-order valence-corrected chi connectivity index (χ1v) is 8.99. The minimum absolute atomic E-state index is 0.00285. The number of ether oxygens (including phenoxy) is 1. The van der Waals surface area contributed by atoms with Crippen LogP contribution in [-0.2, 0) is 9.59 Å². The van der Waals surface area contributed by atoms with Crippen molar-refractivity contribution in [2.75, 3.05) is 11.5 Å². The van der Waals surface area contributed by atoms with Gasteiger partial charge in [0, 0.05) is 0 Å². The molecule has 0 unspecified atom stereocenters. The van der Waals surface area contributed by atoms with Crippen LogP contribution in [0.1, 0.15) is 19.8 Å². The Morgan fingerprint density at radius 3 is 2.12 bits per heavy atom. The SMILES string of the molecule is CCCOc1ccc(N2C(=O)[C@@H]3[C@@H]4C=C[C@@H]([C@H]5C[C@@H]45)[C@@H]3C2=O)cc1. The first-order valence-electron chi connectivity index (χ1n) is 8.99. The lowest BCUT2D eigenvalue weighted by Crippen LogP contribution is -2.40. The van der Waals surface area contributed by atoms with E-state index in [-0.39, 0.29) is 35.5 Å². The lowest BCUT2D eigenvalue weighted by Gasteiger charge is -2.37. The molecule has 3 fully saturated rings. The van der Waals surface area contributed by atoms with Gasteiger partial charge in [0.2, 0.25) is 11.8 Å². The number of benzene rings is 1. The monoisotopic (exact) mass is 323 g/mol. The Labute approximate surface area is 141 Å². The molecule has 0 spiro atoms. The number of carbonyl (C=O) groups is 2. The fraction of sp³-hybridized carbons (Fsp3) is 0.500. The maximum absolute atomic E-state index is 13.0. The van der Waals surface area contributed by atoms with E-state index in [1.165, 1.54) is 11.3 Å². The predicted octanol–water partition coefficient (Wildman–Crippen LogP) is 3.03. The maximum atomic E-state index is 13.0. The van der Waals surface area contributed by atoms with E-state index in [0.29, 0.717) is 24.1 Å². The van der Waals surface area contributed by atoms with Crippen molar-refractivity contribution in [2.45, 2.75) is 19.8 Å². The Bertz CT molecular complexity index is 702. The minimum atomic E-state index is -0.132. The number of carbonyl (C=O) groups excluding carboxylic acids is 2. The molecule has 1 aromatic carbocycles. The fourth-order valence-corrected chi connectivity index (χ4v) is 5.12. The number of anilines is 1. The smallest absolute Gasteiger partial charge is 0.238 e. The van der Waals surface area contributed by atoms with Crippen LogP contribution in [0.5, 0.6) is 5.75 Å². The van der Waals surface area contributed by atoms with E-state index >= 15 is 0 Å². The molecule has 1 aliphatic heterocycles. The largest absolute Gasteiger partial charge is 0.494 e. The highest BCUT2D eigenvalue weighted by Gasteiger charge is 2.67. The first-order chi connectivity index (χ1) is 11.7. The van der Waals surface area contributed by atoms with Crippen molar-refractivity contribution >= 4 is 17.5 Å². The van der Waals surface area contributed by atoms with Crippen molar-refractivity contribution in [1.29, 1.82) is 0 Å². The molecular weight excluding hydrogens is 302 g/mol. The highest BCUT2D eigenvalue weighted by Crippen LogP contribution is 2.65. The molecule has 0 N–H and O–H groups in total. The molecule has 24 heavy (non-hydrogen) atoms. The molecule has 4 nitrogen and oxygen atoms in total. The van der Waals surface area contributed by atoms with Gasteiger partial charge in [-0.25, -0.2) is 0 Å². The van der Waals surface area contributed by atoms with Gasteiger partial charge in [-0.1, -0.05) is 19.1 Å². The van der Waals surface area contributed by atoms with Crippen LogP contribution in [0.2, 0.25) is 0 Å². The average molecular weight is 323 g/mol. The zero-order chi connectivity index (χ0) is 16.4. The van der Waals surface area contributed by atoms with Crippen LogP contribution in [-0.4, -0.2) is 18.4 Å². The Morgan fingerprint density at radius 2 is 1.58 bits per heavy atom. The van der Waals surface area contributed by atoms with Gasteiger partial charge in [-0.05, 0) is 60.8 Å². The van der Waals surface area contributed by atoms with Gasteiger partial charge in [-0.15, -0.1) is 0 Å². The minimum Gasteiger partial charge on any atom is -0.494 e. The maximum Gasteiger partial charge on any atom is 0.238 e. The van der Waals surface area contributed by atoms with E-state index in [4.69, 9.17) is 4.74 Å². The average Bonchev–Trinajstić information content (AvgIpc) is 3.38. The number of amides is 2. The number of imide groups is 1. The molecule has 2 saturated carbocycles. The van der Waals surface area contributed by atoms with Gasteiger partial charge in [-0.2, -0.15) is 0 Å². The third-order valence-corrected chi connectivity index (χ3v) is 6.23. The van der Waals surface area contributed by atoms with Crippen molar-refractivity contribution in [3.8, 4) is 5.75 Å². The quantitative estimate of drug-likeness (QED) is 0.632. The summed E-state index contributed by atoms with van der Waals surface area (Å²) in [5.74, 6) is 2.34. The number of rotatable bonds is 4. The molecule has 2 amide bonds. The highest BCUT2D eigenvalue weighted by molar-refractivity contribution is 6.22. The van der Waals surface area contributed by atoms with Crippen LogP contribution in [0, 0.1) is 35.5 Å². The normalized spacial score (nSPS) is 38.3. The van der Waals surface area contributed by atoms with Crippen LogP contribution in [0.4, 0.5) is 5.69 Å². The topological polar surface area (TPSA) is 46.6 Å². The summed E-state index contributed by atoms with van der Waals surface area (Å²) in [6.45, 7) is 2.73. The van der Waals surface area contributed by atoms with E-state index in [1.54, 1.807) is 0 Å². The second-order valence-corrected chi connectivity index (χ2v) is 7.51. The molecule has 4 heteroatoms. The summed E-state index contributed by atoms with van der Waals surface area (Å²) in [5, 5.41) is 0. The second-order valence-electron chi connectivity index (χ2n) is 7.51. The van der Waals surface area contributed by atoms with Gasteiger partial charge >= 0.3 is 0 Å². The fourth-order valence-electron chi connectivity index (χ4n) is 5.12. The van der Waals surface area contributed by atoms with Crippen LogP contribution < -0.4 is 9.64 Å². The van der Waals surface area contributed by atoms with Crippen LogP contribution >= 0.6 is 0 Å². The van der Waals surface area contributed by atoms with Crippen molar-refractivity contribution in [3.63, 3.8) is 0 Å². The highest BCUT2D eigenvalue weighted by atomic mass is 16.5. The summed E-state index contributed by atoms with van der Waals surface area (Å²) >= 11 is 0. The summed E-state index contributed by atoms with van der Waals surface area (Å²) in [5.41, 5.74) is 0.677. The van der Waals surface area contributed by atoms with Crippen molar-refractivity contribution < 1.29 is 14.3 Å². The Kier molecular flexibility index (Phi) is 2.94. The summed E-state index contributed by atoms with van der Waals surface area (Å²) in [7, 11) is 0. The van der Waals surface area contributed by atoms with Gasteiger partial charge in [0.25, 0.3) is 0 Å². The molecule has 4 aliphatic carbocycles. The standard InChI is InChI=1S/C20H21NO3/c1-2-9-24-12-5-3-11(4-6-12)21-19(22)17-13-7-8-14(16-10-15(13)16)18(17)20(21)23/h3-8,13-18H,2,9-10H2,1H3/t13-,14+,15+,16-,17-,18+. The number of hydrogen-bond acceptors (Lipinski definition) is 3. The van der Waals surface area contributed by atoms with E-state index in [9.17, 15) is 9.59 Å². The molecule has 0 radical (unpaired) electrons. The Hall–Kier alpha value is -2.10. The predicted molar refractivity (Wildman–Crippen MR) is 89.4 cm³/mol. The van der Waals surface area contributed by atoms with Crippen molar-refractivity contribution in [2.24, 2.45) is 35.5 Å².